The number of hydrogen-bond acceptors (Lipinski definition) is 4. The molecule has 1 saturated carbocycles. The Bertz CT molecular complexity index is 573. The van der Waals surface area contributed by atoms with Crippen LogP contribution in [0.15, 0.2) is 29.2 Å². The maximum atomic E-state index is 12.5. The topological polar surface area (TPSA) is 72.6 Å². The molecule has 1 aliphatic heterocycles. The van der Waals surface area contributed by atoms with Crippen molar-refractivity contribution < 1.29 is 13.2 Å². The van der Waals surface area contributed by atoms with Crippen LogP contribution in [0.2, 0.25) is 0 Å². The van der Waals surface area contributed by atoms with Gasteiger partial charge in [0.1, 0.15) is 0 Å². The average molecular weight is 310 g/mol. The van der Waals surface area contributed by atoms with E-state index in [4.69, 9.17) is 10.5 Å². The number of ether oxygens (including phenoxy) is 1. The van der Waals surface area contributed by atoms with E-state index in [0.717, 1.165) is 25.7 Å². The van der Waals surface area contributed by atoms with Gasteiger partial charge in [-0.2, -0.15) is 4.31 Å². The molecule has 3 rings (SSSR count). The van der Waals surface area contributed by atoms with E-state index >= 15 is 0 Å². The zero-order chi connectivity index (χ0) is 14.9. The Morgan fingerprint density at radius 1 is 1.00 bits per heavy atom. The number of nitrogen functional groups attached to an aromatic ring is 1. The van der Waals surface area contributed by atoms with Gasteiger partial charge in [0.25, 0.3) is 0 Å². The predicted molar refractivity (Wildman–Crippen MR) is 81.4 cm³/mol. The number of anilines is 1. The first-order valence-corrected chi connectivity index (χ1v) is 9.01. The van der Waals surface area contributed by atoms with Crippen LogP contribution >= 0.6 is 0 Å². The molecule has 0 atom stereocenters. The molecule has 2 N–H and O–H groups in total. The molecule has 21 heavy (non-hydrogen) atoms. The minimum atomic E-state index is -3.40. The van der Waals surface area contributed by atoms with Crippen molar-refractivity contribution in [2.45, 2.75) is 49.2 Å². The maximum absolute atomic E-state index is 12.5. The normalized spacial score (nSPS) is 22.1. The van der Waals surface area contributed by atoms with E-state index in [1.165, 1.54) is 6.42 Å². The second-order valence-corrected chi connectivity index (χ2v) is 7.80. The summed E-state index contributed by atoms with van der Waals surface area (Å²) in [6.45, 7) is 1.06. The molecule has 0 radical (unpaired) electrons. The van der Waals surface area contributed by atoms with Crippen LogP contribution in [0, 0.1) is 0 Å². The summed E-state index contributed by atoms with van der Waals surface area (Å²) in [5, 5.41) is 0. The van der Waals surface area contributed by atoms with Crippen molar-refractivity contribution in [2.75, 3.05) is 18.8 Å². The molecule has 1 heterocycles. The first-order valence-electron chi connectivity index (χ1n) is 7.57. The van der Waals surface area contributed by atoms with E-state index in [-0.39, 0.29) is 6.10 Å². The van der Waals surface area contributed by atoms with Gasteiger partial charge in [-0.1, -0.05) is 0 Å². The van der Waals surface area contributed by atoms with E-state index < -0.39 is 10.0 Å². The van der Waals surface area contributed by atoms with Crippen molar-refractivity contribution in [1.29, 1.82) is 0 Å². The zero-order valence-corrected chi connectivity index (χ0v) is 12.9. The van der Waals surface area contributed by atoms with Gasteiger partial charge in [0.05, 0.1) is 17.1 Å². The van der Waals surface area contributed by atoms with E-state index in [9.17, 15) is 8.42 Å². The Kier molecular flexibility index (Phi) is 4.19. The predicted octanol–water partition coefficient (Wildman–Crippen LogP) is 1.99. The van der Waals surface area contributed by atoms with Crippen LogP contribution in [-0.2, 0) is 14.8 Å². The molecular formula is C15H22N2O3S. The number of piperidine rings is 1. The van der Waals surface area contributed by atoms with Gasteiger partial charge in [0.15, 0.2) is 0 Å². The van der Waals surface area contributed by atoms with Crippen LogP contribution in [0.5, 0.6) is 0 Å². The molecule has 1 aromatic rings. The van der Waals surface area contributed by atoms with Gasteiger partial charge in [0.2, 0.25) is 10.0 Å². The molecule has 116 valence electrons. The summed E-state index contributed by atoms with van der Waals surface area (Å²) in [6.07, 6.45) is 5.77. The smallest absolute Gasteiger partial charge is 0.243 e. The van der Waals surface area contributed by atoms with Crippen molar-refractivity contribution in [3.05, 3.63) is 24.3 Å². The Hall–Kier alpha value is -1.11. The maximum Gasteiger partial charge on any atom is 0.243 e. The van der Waals surface area contributed by atoms with E-state index in [1.807, 2.05) is 0 Å². The third-order valence-corrected chi connectivity index (χ3v) is 6.27. The summed E-state index contributed by atoms with van der Waals surface area (Å²) in [6, 6.07) is 6.39. The van der Waals surface area contributed by atoms with Crippen molar-refractivity contribution in [1.82, 2.24) is 4.31 Å². The summed E-state index contributed by atoms with van der Waals surface area (Å²) in [5.41, 5.74) is 6.18. The molecule has 0 aromatic heterocycles. The van der Waals surface area contributed by atoms with Crippen molar-refractivity contribution in [2.24, 2.45) is 0 Å². The molecule has 0 spiro atoms. The van der Waals surface area contributed by atoms with Gasteiger partial charge >= 0.3 is 0 Å². The third kappa shape index (κ3) is 3.22. The summed E-state index contributed by atoms with van der Waals surface area (Å²) in [7, 11) is -3.40. The van der Waals surface area contributed by atoms with Crippen LogP contribution < -0.4 is 5.73 Å². The number of hydrogen-bond donors (Lipinski definition) is 1. The Labute approximate surface area is 126 Å². The Balaban J connectivity index is 1.61. The highest BCUT2D eigenvalue weighted by atomic mass is 32.2. The minimum Gasteiger partial charge on any atom is -0.399 e. The molecular weight excluding hydrogens is 288 g/mol. The highest BCUT2D eigenvalue weighted by molar-refractivity contribution is 7.89. The quantitative estimate of drug-likeness (QED) is 0.863. The highest BCUT2D eigenvalue weighted by Crippen LogP contribution is 2.28. The van der Waals surface area contributed by atoms with Gasteiger partial charge in [0, 0.05) is 18.8 Å². The molecule has 1 aromatic carbocycles. The van der Waals surface area contributed by atoms with Crippen LogP contribution in [0.4, 0.5) is 5.69 Å². The lowest BCUT2D eigenvalue weighted by atomic mass is 9.95. The second-order valence-electron chi connectivity index (χ2n) is 5.86. The molecule has 0 amide bonds. The zero-order valence-electron chi connectivity index (χ0n) is 12.1. The largest absolute Gasteiger partial charge is 0.399 e. The van der Waals surface area contributed by atoms with Crippen molar-refractivity contribution in [3.8, 4) is 0 Å². The number of sulfonamides is 1. The summed E-state index contributed by atoms with van der Waals surface area (Å²) >= 11 is 0. The summed E-state index contributed by atoms with van der Waals surface area (Å²) in [5.74, 6) is 0. The molecule has 1 aliphatic carbocycles. The van der Waals surface area contributed by atoms with Gasteiger partial charge in [-0.05, 0) is 56.4 Å². The Morgan fingerprint density at radius 3 is 2.10 bits per heavy atom. The van der Waals surface area contributed by atoms with E-state index in [1.54, 1.807) is 28.6 Å². The van der Waals surface area contributed by atoms with E-state index in [2.05, 4.69) is 0 Å². The number of nitrogens with two attached hydrogens (primary N) is 1. The fraction of sp³-hybridized carbons (Fsp3) is 0.600. The van der Waals surface area contributed by atoms with Crippen LogP contribution in [0.3, 0.4) is 0 Å². The summed E-state index contributed by atoms with van der Waals surface area (Å²) < 4.78 is 32.6. The third-order valence-electron chi connectivity index (χ3n) is 4.36. The van der Waals surface area contributed by atoms with Gasteiger partial charge in [-0.15, -0.1) is 0 Å². The number of rotatable bonds is 4. The number of benzene rings is 1. The van der Waals surface area contributed by atoms with Gasteiger partial charge < -0.3 is 10.5 Å². The van der Waals surface area contributed by atoms with Crippen molar-refractivity contribution in [3.63, 3.8) is 0 Å². The van der Waals surface area contributed by atoms with Crippen LogP contribution in [0.25, 0.3) is 0 Å². The first kappa shape index (κ1) is 14.8. The van der Waals surface area contributed by atoms with Crippen molar-refractivity contribution >= 4 is 15.7 Å². The fourth-order valence-corrected chi connectivity index (χ4v) is 4.25. The lowest BCUT2D eigenvalue weighted by Gasteiger charge is -2.35. The molecule has 1 saturated heterocycles. The van der Waals surface area contributed by atoms with Crippen LogP contribution in [0.1, 0.15) is 32.1 Å². The molecule has 0 bridgehead atoms. The molecule has 5 nitrogen and oxygen atoms in total. The SMILES string of the molecule is Nc1ccc(S(=O)(=O)N2CCC(OC3CCC3)CC2)cc1. The van der Waals surface area contributed by atoms with E-state index in [0.29, 0.717) is 29.8 Å². The summed E-state index contributed by atoms with van der Waals surface area (Å²) in [4.78, 5) is 0.315. The number of nitrogens with zero attached hydrogens (tertiary/aromatic N) is 1. The minimum absolute atomic E-state index is 0.216. The average Bonchev–Trinajstić information content (AvgIpc) is 2.44. The molecule has 6 heteroatoms. The molecule has 0 unspecified atom stereocenters. The molecule has 2 fully saturated rings. The second kappa shape index (κ2) is 5.94. The van der Waals surface area contributed by atoms with Crippen LogP contribution in [-0.4, -0.2) is 38.0 Å². The standard InChI is InChI=1S/C15H22N2O3S/c16-12-4-6-15(7-5-12)21(18,19)17-10-8-14(9-11-17)20-13-2-1-3-13/h4-7,13-14H,1-3,8-11,16H2. The lowest BCUT2D eigenvalue weighted by molar-refractivity contribution is -0.0674. The van der Waals surface area contributed by atoms with Gasteiger partial charge in [-0.25, -0.2) is 8.42 Å². The lowest BCUT2D eigenvalue weighted by Crippen LogP contribution is -2.42. The van der Waals surface area contributed by atoms with Gasteiger partial charge in [-0.3, -0.25) is 0 Å². The fourth-order valence-electron chi connectivity index (χ4n) is 2.78. The Morgan fingerprint density at radius 2 is 1.57 bits per heavy atom. The molecule has 2 aliphatic rings. The first-order chi connectivity index (χ1) is 10.1. The highest BCUT2D eigenvalue weighted by Gasteiger charge is 2.31. The monoisotopic (exact) mass is 310 g/mol.